The molecule has 1 aromatic rings. The van der Waals surface area contributed by atoms with Crippen LogP contribution in [0.3, 0.4) is 0 Å². The van der Waals surface area contributed by atoms with Gasteiger partial charge in [-0.1, -0.05) is 6.42 Å². The Bertz CT molecular complexity index is 591. The predicted octanol–water partition coefficient (Wildman–Crippen LogP) is 3.24. The lowest BCUT2D eigenvalue weighted by molar-refractivity contribution is -0.139. The van der Waals surface area contributed by atoms with Crippen LogP contribution < -0.4 is 0 Å². The number of amides is 2. The lowest BCUT2D eigenvalue weighted by Gasteiger charge is -2.14. The third kappa shape index (κ3) is 2.29. The number of imide groups is 1. The molecule has 7 heteroatoms. The molecule has 1 aliphatic carbocycles. The number of halogens is 2. The number of fused-ring (bicyclic) bond motifs is 1. The number of ketones is 1. The van der Waals surface area contributed by atoms with Crippen molar-refractivity contribution < 1.29 is 14.4 Å². The largest absolute Gasteiger partial charge is 0.292 e. The zero-order chi connectivity index (χ0) is 14.4. The number of carbonyl (C=O) groups excluding carboxylic acids is 3. The summed E-state index contributed by atoms with van der Waals surface area (Å²) in [6, 6.07) is 1.71. The fourth-order valence-electron chi connectivity index (χ4n) is 2.98. The number of hydrogen-bond acceptors (Lipinski definition) is 4. The minimum atomic E-state index is -0.208. The van der Waals surface area contributed by atoms with Gasteiger partial charge in [0.1, 0.15) is 0 Å². The quantitative estimate of drug-likeness (QED) is 0.557. The number of nitrogens with zero attached hydrogens (tertiary/aromatic N) is 1. The SMILES string of the molecule is O=C(CN1C(=O)C2CCCC2C1=O)c1cc(Br)sc1Br. The van der Waals surface area contributed by atoms with Crippen LogP contribution in [0.4, 0.5) is 0 Å². The van der Waals surface area contributed by atoms with E-state index in [1.54, 1.807) is 6.07 Å². The fourth-order valence-corrected chi connectivity index (χ4v) is 5.83. The molecule has 2 atom stereocenters. The molecule has 2 heterocycles. The maximum Gasteiger partial charge on any atom is 0.233 e. The molecule has 2 unspecified atom stereocenters. The highest BCUT2D eigenvalue weighted by molar-refractivity contribution is 9.12. The Kier molecular flexibility index (Phi) is 3.85. The van der Waals surface area contributed by atoms with Crippen LogP contribution in [0.25, 0.3) is 0 Å². The van der Waals surface area contributed by atoms with E-state index < -0.39 is 0 Å². The van der Waals surface area contributed by atoms with Crippen LogP contribution >= 0.6 is 43.2 Å². The summed E-state index contributed by atoms with van der Waals surface area (Å²) < 4.78 is 1.55. The van der Waals surface area contributed by atoms with Crippen molar-refractivity contribution in [1.82, 2.24) is 4.90 Å². The van der Waals surface area contributed by atoms with Gasteiger partial charge in [-0.3, -0.25) is 19.3 Å². The molecule has 4 nitrogen and oxygen atoms in total. The van der Waals surface area contributed by atoms with Gasteiger partial charge in [0.2, 0.25) is 11.8 Å². The maximum absolute atomic E-state index is 12.3. The summed E-state index contributed by atoms with van der Waals surface area (Å²) in [5.74, 6) is -0.922. The Morgan fingerprint density at radius 2 is 1.85 bits per heavy atom. The van der Waals surface area contributed by atoms with Gasteiger partial charge >= 0.3 is 0 Å². The first-order valence-electron chi connectivity index (χ1n) is 6.32. The van der Waals surface area contributed by atoms with Crippen molar-refractivity contribution in [2.45, 2.75) is 19.3 Å². The van der Waals surface area contributed by atoms with E-state index in [0.717, 1.165) is 27.9 Å². The minimum Gasteiger partial charge on any atom is -0.292 e. The maximum atomic E-state index is 12.3. The average molecular weight is 421 g/mol. The zero-order valence-corrected chi connectivity index (χ0v) is 14.4. The average Bonchev–Trinajstić information content (AvgIpc) is 3.04. The van der Waals surface area contributed by atoms with E-state index in [4.69, 9.17) is 0 Å². The van der Waals surface area contributed by atoms with Gasteiger partial charge in [0.15, 0.2) is 5.78 Å². The van der Waals surface area contributed by atoms with Crippen LogP contribution in [0.15, 0.2) is 13.6 Å². The van der Waals surface area contributed by atoms with Crippen molar-refractivity contribution in [2.24, 2.45) is 11.8 Å². The molecule has 1 saturated heterocycles. The summed E-state index contributed by atoms with van der Waals surface area (Å²) in [4.78, 5) is 37.8. The second-order valence-electron chi connectivity index (χ2n) is 5.07. The fraction of sp³-hybridized carbons (Fsp3) is 0.462. The molecule has 2 amide bonds. The Balaban J connectivity index is 1.78. The number of carbonyl (C=O) groups is 3. The molecule has 1 saturated carbocycles. The highest BCUT2D eigenvalue weighted by atomic mass is 79.9. The number of thiophene rings is 1. The highest BCUT2D eigenvalue weighted by Gasteiger charge is 2.50. The highest BCUT2D eigenvalue weighted by Crippen LogP contribution is 2.40. The summed E-state index contributed by atoms with van der Waals surface area (Å²) in [5, 5.41) is 0. The molecule has 0 bridgehead atoms. The van der Waals surface area contributed by atoms with Crippen LogP contribution in [-0.4, -0.2) is 29.0 Å². The van der Waals surface area contributed by atoms with Crippen LogP contribution in [0.1, 0.15) is 29.6 Å². The van der Waals surface area contributed by atoms with E-state index in [9.17, 15) is 14.4 Å². The molecule has 0 N–H and O–H groups in total. The summed E-state index contributed by atoms with van der Waals surface area (Å²) in [7, 11) is 0. The standard InChI is InChI=1S/C13H11Br2NO3S/c14-10-4-8(11(15)20-10)9(17)5-16-12(18)6-2-1-3-7(6)13(16)19/h4,6-7H,1-3,5H2. The summed E-state index contributed by atoms with van der Waals surface area (Å²) in [6.07, 6.45) is 2.47. The normalized spacial score (nSPS) is 25.4. The van der Waals surface area contributed by atoms with Crippen molar-refractivity contribution in [3.8, 4) is 0 Å². The van der Waals surface area contributed by atoms with Gasteiger partial charge in [0, 0.05) is 5.56 Å². The van der Waals surface area contributed by atoms with Crippen LogP contribution in [0, 0.1) is 11.8 Å². The Hall–Kier alpha value is -0.530. The monoisotopic (exact) mass is 419 g/mol. The first-order chi connectivity index (χ1) is 9.49. The lowest BCUT2D eigenvalue weighted by Crippen LogP contribution is -2.36. The van der Waals surface area contributed by atoms with E-state index in [-0.39, 0.29) is 36.0 Å². The zero-order valence-electron chi connectivity index (χ0n) is 10.4. The van der Waals surface area contributed by atoms with Gasteiger partial charge in [-0.25, -0.2) is 0 Å². The molecule has 0 radical (unpaired) electrons. The lowest BCUT2D eigenvalue weighted by atomic mass is 10.00. The molecule has 1 aliphatic heterocycles. The van der Waals surface area contributed by atoms with Crippen LogP contribution in [0.5, 0.6) is 0 Å². The number of Topliss-reactive ketones (excluding diaryl/α,β-unsaturated/α-hetero) is 1. The Morgan fingerprint density at radius 1 is 1.25 bits per heavy atom. The molecular formula is C13H11Br2NO3S. The molecule has 106 valence electrons. The van der Waals surface area contributed by atoms with Gasteiger partial charge in [-0.2, -0.15) is 0 Å². The molecule has 1 aromatic heterocycles. The predicted molar refractivity (Wildman–Crippen MR) is 81.6 cm³/mol. The van der Waals surface area contributed by atoms with Gasteiger partial charge in [0.25, 0.3) is 0 Å². The van der Waals surface area contributed by atoms with Gasteiger partial charge in [-0.15, -0.1) is 11.3 Å². The molecule has 2 aliphatic rings. The number of hydrogen-bond donors (Lipinski definition) is 0. The van der Waals surface area contributed by atoms with Gasteiger partial charge in [-0.05, 0) is 50.8 Å². The topological polar surface area (TPSA) is 54.5 Å². The smallest absolute Gasteiger partial charge is 0.233 e. The first kappa shape index (κ1) is 14.4. The van der Waals surface area contributed by atoms with Crippen LogP contribution in [-0.2, 0) is 9.59 Å². The molecule has 20 heavy (non-hydrogen) atoms. The molecule has 0 spiro atoms. The molecule has 0 aromatic carbocycles. The van der Waals surface area contributed by atoms with Crippen molar-refractivity contribution >= 4 is 60.8 Å². The van der Waals surface area contributed by atoms with E-state index in [1.807, 2.05) is 0 Å². The van der Waals surface area contributed by atoms with Gasteiger partial charge < -0.3 is 0 Å². The first-order valence-corrected chi connectivity index (χ1v) is 8.72. The molecule has 2 fully saturated rings. The van der Waals surface area contributed by atoms with Crippen molar-refractivity contribution in [2.75, 3.05) is 6.54 Å². The van der Waals surface area contributed by atoms with E-state index >= 15 is 0 Å². The number of rotatable bonds is 3. The van der Waals surface area contributed by atoms with E-state index in [1.165, 1.54) is 11.3 Å². The van der Waals surface area contributed by atoms with Crippen molar-refractivity contribution in [3.05, 3.63) is 19.2 Å². The van der Waals surface area contributed by atoms with E-state index in [2.05, 4.69) is 31.9 Å². The second-order valence-corrected chi connectivity index (χ2v) is 8.82. The third-order valence-corrected chi connectivity index (χ3v) is 6.28. The van der Waals surface area contributed by atoms with Crippen molar-refractivity contribution in [1.29, 1.82) is 0 Å². The van der Waals surface area contributed by atoms with E-state index in [0.29, 0.717) is 9.35 Å². The summed E-state index contributed by atoms with van der Waals surface area (Å²) in [6.45, 7) is -0.146. The summed E-state index contributed by atoms with van der Waals surface area (Å²) >= 11 is 8.04. The third-order valence-electron chi connectivity index (χ3n) is 3.94. The Labute approximate surface area is 136 Å². The van der Waals surface area contributed by atoms with Crippen LogP contribution in [0.2, 0.25) is 0 Å². The molecule has 3 rings (SSSR count). The van der Waals surface area contributed by atoms with Gasteiger partial charge in [0.05, 0.1) is 26.0 Å². The Morgan fingerprint density at radius 3 is 2.35 bits per heavy atom. The van der Waals surface area contributed by atoms with Crippen molar-refractivity contribution in [3.63, 3.8) is 0 Å². The second kappa shape index (κ2) is 5.35. The molecular weight excluding hydrogens is 410 g/mol. The minimum absolute atomic E-state index is 0.146. The number of likely N-dealkylation sites (tertiary alicyclic amines) is 1. The summed E-state index contributed by atoms with van der Waals surface area (Å²) in [5.41, 5.74) is 0.513.